The van der Waals surface area contributed by atoms with E-state index in [2.05, 4.69) is 15.3 Å². The molecule has 0 aromatic carbocycles. The summed E-state index contributed by atoms with van der Waals surface area (Å²) in [6, 6.07) is 1.81. The molecule has 0 unspecified atom stereocenters. The van der Waals surface area contributed by atoms with Crippen LogP contribution in [-0.2, 0) is 0 Å². The number of anilines is 3. The SMILES string of the molecule is CCN(CC(C)(C)O)c1cc(NC)nc(N)n1. The molecule has 0 radical (unpaired) electrons. The maximum absolute atomic E-state index is 9.84. The molecule has 96 valence electrons. The average molecular weight is 239 g/mol. The van der Waals surface area contributed by atoms with Gasteiger partial charge in [-0.1, -0.05) is 0 Å². The van der Waals surface area contributed by atoms with E-state index in [-0.39, 0.29) is 5.95 Å². The van der Waals surface area contributed by atoms with Crippen molar-refractivity contribution in [2.45, 2.75) is 26.4 Å². The second-order valence-electron chi connectivity index (χ2n) is 4.55. The van der Waals surface area contributed by atoms with Crippen LogP contribution in [0.4, 0.5) is 17.6 Å². The smallest absolute Gasteiger partial charge is 0.223 e. The van der Waals surface area contributed by atoms with E-state index in [4.69, 9.17) is 5.73 Å². The minimum Gasteiger partial charge on any atom is -0.389 e. The van der Waals surface area contributed by atoms with Crippen LogP contribution >= 0.6 is 0 Å². The molecule has 0 spiro atoms. The Labute approximate surface area is 102 Å². The molecule has 0 aliphatic carbocycles. The van der Waals surface area contributed by atoms with Crippen molar-refractivity contribution in [3.63, 3.8) is 0 Å². The van der Waals surface area contributed by atoms with E-state index in [0.717, 1.165) is 6.54 Å². The number of aliphatic hydroxyl groups is 1. The molecule has 6 heteroatoms. The van der Waals surface area contributed by atoms with Crippen LogP contribution in [0, 0.1) is 0 Å². The lowest BCUT2D eigenvalue weighted by molar-refractivity contribution is 0.0874. The molecule has 0 fully saturated rings. The standard InChI is InChI=1S/C11H21N5O/c1-5-16(7-11(2,3)17)9-6-8(13-4)14-10(12)15-9/h6,17H,5,7H2,1-4H3,(H3,12,13,14,15). The Morgan fingerprint density at radius 1 is 1.47 bits per heavy atom. The molecule has 0 saturated heterocycles. The summed E-state index contributed by atoms with van der Waals surface area (Å²) in [4.78, 5) is 10.2. The third kappa shape index (κ3) is 4.07. The molecule has 17 heavy (non-hydrogen) atoms. The first kappa shape index (κ1) is 13.5. The highest BCUT2D eigenvalue weighted by Gasteiger charge is 2.19. The Bertz CT molecular complexity index is 375. The largest absolute Gasteiger partial charge is 0.389 e. The van der Waals surface area contributed by atoms with Crippen molar-refractivity contribution in [3.8, 4) is 0 Å². The molecule has 1 aromatic rings. The van der Waals surface area contributed by atoms with Gasteiger partial charge in [0.2, 0.25) is 5.95 Å². The fourth-order valence-corrected chi connectivity index (χ4v) is 1.56. The fourth-order valence-electron chi connectivity index (χ4n) is 1.56. The zero-order valence-electron chi connectivity index (χ0n) is 10.9. The maximum Gasteiger partial charge on any atom is 0.223 e. The second-order valence-corrected chi connectivity index (χ2v) is 4.55. The topological polar surface area (TPSA) is 87.3 Å². The van der Waals surface area contributed by atoms with Gasteiger partial charge in [0.1, 0.15) is 11.6 Å². The van der Waals surface area contributed by atoms with Crippen LogP contribution in [-0.4, -0.2) is 40.8 Å². The van der Waals surface area contributed by atoms with E-state index in [1.165, 1.54) is 0 Å². The van der Waals surface area contributed by atoms with E-state index in [9.17, 15) is 5.11 Å². The summed E-state index contributed by atoms with van der Waals surface area (Å²) >= 11 is 0. The number of rotatable bonds is 5. The van der Waals surface area contributed by atoms with E-state index in [0.29, 0.717) is 18.2 Å². The molecule has 0 amide bonds. The number of hydrogen-bond acceptors (Lipinski definition) is 6. The number of aromatic nitrogens is 2. The number of likely N-dealkylation sites (N-methyl/N-ethyl adjacent to an activating group) is 1. The first-order valence-electron chi connectivity index (χ1n) is 5.65. The Morgan fingerprint density at radius 3 is 2.59 bits per heavy atom. The summed E-state index contributed by atoms with van der Waals surface area (Å²) < 4.78 is 0. The van der Waals surface area contributed by atoms with Gasteiger partial charge in [-0.05, 0) is 20.8 Å². The Kier molecular flexibility index (Phi) is 4.11. The highest BCUT2D eigenvalue weighted by molar-refractivity contribution is 5.52. The van der Waals surface area contributed by atoms with Crippen molar-refractivity contribution >= 4 is 17.6 Å². The van der Waals surface area contributed by atoms with Crippen molar-refractivity contribution < 1.29 is 5.11 Å². The van der Waals surface area contributed by atoms with Gasteiger partial charge in [0.15, 0.2) is 0 Å². The third-order valence-electron chi connectivity index (χ3n) is 2.27. The van der Waals surface area contributed by atoms with E-state index < -0.39 is 5.60 Å². The number of nitrogens with zero attached hydrogens (tertiary/aromatic N) is 3. The predicted octanol–water partition coefficient (Wildman–Crippen LogP) is 0.698. The Morgan fingerprint density at radius 2 is 2.12 bits per heavy atom. The number of nitrogens with two attached hydrogens (primary N) is 1. The van der Waals surface area contributed by atoms with Crippen LogP contribution in [0.3, 0.4) is 0 Å². The minimum atomic E-state index is -0.782. The van der Waals surface area contributed by atoms with Gasteiger partial charge < -0.3 is 21.1 Å². The van der Waals surface area contributed by atoms with Gasteiger partial charge in [0.25, 0.3) is 0 Å². The average Bonchev–Trinajstić information content (AvgIpc) is 2.23. The van der Waals surface area contributed by atoms with Gasteiger partial charge in [-0.25, -0.2) is 0 Å². The van der Waals surface area contributed by atoms with Crippen LogP contribution in [0.1, 0.15) is 20.8 Å². The van der Waals surface area contributed by atoms with Crippen molar-refractivity contribution in [1.82, 2.24) is 9.97 Å². The van der Waals surface area contributed by atoms with Gasteiger partial charge >= 0.3 is 0 Å². The van der Waals surface area contributed by atoms with Gasteiger partial charge in [0.05, 0.1) is 5.60 Å². The fraction of sp³-hybridized carbons (Fsp3) is 0.636. The van der Waals surface area contributed by atoms with Crippen LogP contribution in [0.25, 0.3) is 0 Å². The summed E-state index contributed by atoms with van der Waals surface area (Å²) in [7, 11) is 1.78. The molecule has 1 aromatic heterocycles. The first-order chi connectivity index (χ1) is 7.85. The van der Waals surface area contributed by atoms with Crippen LogP contribution < -0.4 is 16.0 Å². The lowest BCUT2D eigenvalue weighted by Crippen LogP contribution is -2.39. The molecule has 0 aliphatic rings. The molecule has 0 atom stereocenters. The van der Waals surface area contributed by atoms with Gasteiger partial charge in [-0.3, -0.25) is 0 Å². The van der Waals surface area contributed by atoms with Crippen molar-refractivity contribution in [2.24, 2.45) is 0 Å². The molecule has 4 N–H and O–H groups in total. The van der Waals surface area contributed by atoms with Crippen LogP contribution in [0.5, 0.6) is 0 Å². The molecule has 0 saturated carbocycles. The monoisotopic (exact) mass is 239 g/mol. The highest BCUT2D eigenvalue weighted by atomic mass is 16.3. The van der Waals surface area contributed by atoms with Crippen molar-refractivity contribution in [1.29, 1.82) is 0 Å². The molecular formula is C11H21N5O. The summed E-state index contributed by atoms with van der Waals surface area (Å²) in [5, 5.41) is 12.8. The van der Waals surface area contributed by atoms with Gasteiger partial charge in [0, 0.05) is 26.2 Å². The zero-order valence-corrected chi connectivity index (χ0v) is 10.9. The normalized spacial score (nSPS) is 11.4. The second kappa shape index (κ2) is 5.18. The van der Waals surface area contributed by atoms with Crippen LogP contribution in [0.15, 0.2) is 6.07 Å². The molecule has 6 nitrogen and oxygen atoms in total. The van der Waals surface area contributed by atoms with Crippen molar-refractivity contribution in [2.75, 3.05) is 36.1 Å². The first-order valence-corrected chi connectivity index (χ1v) is 5.65. The number of hydrogen-bond donors (Lipinski definition) is 3. The number of nitrogens with one attached hydrogen (secondary N) is 1. The van der Waals surface area contributed by atoms with Crippen molar-refractivity contribution in [3.05, 3.63) is 6.07 Å². The summed E-state index contributed by atoms with van der Waals surface area (Å²) in [5.74, 6) is 1.61. The Hall–Kier alpha value is -1.56. The number of nitrogen functional groups attached to an aromatic ring is 1. The summed E-state index contributed by atoms with van der Waals surface area (Å²) in [6.45, 7) is 6.76. The lowest BCUT2D eigenvalue weighted by atomic mass is 10.1. The molecule has 1 rings (SSSR count). The Balaban J connectivity index is 2.99. The summed E-state index contributed by atoms with van der Waals surface area (Å²) in [5.41, 5.74) is 4.86. The van der Waals surface area contributed by atoms with Gasteiger partial charge in [-0.2, -0.15) is 9.97 Å². The van der Waals surface area contributed by atoms with Gasteiger partial charge in [-0.15, -0.1) is 0 Å². The predicted molar refractivity (Wildman–Crippen MR) is 70.2 cm³/mol. The highest BCUT2D eigenvalue weighted by Crippen LogP contribution is 2.18. The van der Waals surface area contributed by atoms with E-state index in [1.54, 1.807) is 20.9 Å². The molecule has 0 aliphatic heterocycles. The molecule has 0 bridgehead atoms. The lowest BCUT2D eigenvalue weighted by Gasteiger charge is -2.29. The van der Waals surface area contributed by atoms with Crippen LogP contribution in [0.2, 0.25) is 0 Å². The molecule has 1 heterocycles. The minimum absolute atomic E-state index is 0.223. The van der Waals surface area contributed by atoms with E-state index >= 15 is 0 Å². The molecular weight excluding hydrogens is 218 g/mol. The third-order valence-corrected chi connectivity index (χ3v) is 2.27. The summed E-state index contributed by atoms with van der Waals surface area (Å²) in [6.07, 6.45) is 0. The zero-order chi connectivity index (χ0) is 13.1. The maximum atomic E-state index is 9.84. The quantitative estimate of drug-likeness (QED) is 0.701. The van der Waals surface area contributed by atoms with E-state index in [1.807, 2.05) is 17.9 Å².